The van der Waals surface area contributed by atoms with Gasteiger partial charge in [0.1, 0.15) is 0 Å². The molecule has 21 heavy (non-hydrogen) atoms. The van der Waals surface area contributed by atoms with Crippen molar-refractivity contribution >= 4 is 37.8 Å². The summed E-state index contributed by atoms with van der Waals surface area (Å²) in [5.74, 6) is -1.13. The Balaban J connectivity index is 2.47. The van der Waals surface area contributed by atoms with Crippen molar-refractivity contribution in [1.29, 1.82) is 0 Å². The quantitative estimate of drug-likeness (QED) is 0.659. The van der Waals surface area contributed by atoms with Gasteiger partial charge in [0.05, 0.1) is 16.6 Å². The number of fused-ring (bicyclic) bond motifs is 3. The number of sulfonamides is 1. The van der Waals surface area contributed by atoms with Gasteiger partial charge in [0.15, 0.2) is 5.69 Å². The minimum atomic E-state index is -3.83. The molecule has 4 N–H and O–H groups in total. The first-order chi connectivity index (χ1) is 9.79. The first-order valence-electron chi connectivity index (χ1n) is 5.96. The van der Waals surface area contributed by atoms with E-state index in [4.69, 9.17) is 10.2 Å². The fourth-order valence-electron chi connectivity index (χ4n) is 2.43. The fourth-order valence-corrected chi connectivity index (χ4v) is 2.97. The first kappa shape index (κ1) is 13.5. The number of aromatic nitrogens is 2. The lowest BCUT2D eigenvalue weighted by Crippen LogP contribution is -2.11. The Morgan fingerprint density at radius 2 is 2.05 bits per heavy atom. The summed E-state index contributed by atoms with van der Waals surface area (Å²) in [6.45, 7) is 1.63. The maximum absolute atomic E-state index is 11.5. The minimum absolute atomic E-state index is 0.0241. The molecule has 0 atom stereocenters. The average Bonchev–Trinajstić information content (AvgIpc) is 2.75. The zero-order chi connectivity index (χ0) is 15.4. The number of H-pyrrole nitrogens is 1. The van der Waals surface area contributed by atoms with E-state index in [0.29, 0.717) is 27.4 Å². The summed E-state index contributed by atoms with van der Waals surface area (Å²) in [4.78, 5) is 18.1. The summed E-state index contributed by atoms with van der Waals surface area (Å²) < 4.78 is 22.9. The van der Waals surface area contributed by atoms with E-state index in [1.807, 2.05) is 0 Å². The summed E-state index contributed by atoms with van der Waals surface area (Å²) in [5.41, 5.74) is 1.73. The lowest BCUT2D eigenvalue weighted by molar-refractivity contribution is 0.0690. The molecule has 0 fully saturated rings. The number of nitrogens with one attached hydrogen (secondary N) is 1. The molecule has 0 radical (unpaired) electrons. The van der Waals surface area contributed by atoms with Gasteiger partial charge in [0.2, 0.25) is 10.0 Å². The normalized spacial score (nSPS) is 12.1. The van der Waals surface area contributed by atoms with Crippen molar-refractivity contribution < 1.29 is 18.3 Å². The Labute approximate surface area is 119 Å². The highest BCUT2D eigenvalue weighted by Gasteiger charge is 2.17. The van der Waals surface area contributed by atoms with Crippen LogP contribution in [0.5, 0.6) is 0 Å². The van der Waals surface area contributed by atoms with E-state index >= 15 is 0 Å². The Bertz CT molecular complexity index is 1010. The molecule has 8 heteroatoms. The monoisotopic (exact) mass is 305 g/mol. The van der Waals surface area contributed by atoms with E-state index < -0.39 is 16.0 Å². The van der Waals surface area contributed by atoms with Gasteiger partial charge in [-0.2, -0.15) is 0 Å². The molecule has 0 unspecified atom stereocenters. The smallest absolute Gasteiger partial charge is 0.354 e. The van der Waals surface area contributed by atoms with Crippen molar-refractivity contribution in [3.8, 4) is 0 Å². The van der Waals surface area contributed by atoms with Crippen LogP contribution in [-0.4, -0.2) is 29.5 Å². The molecule has 7 nitrogen and oxygen atoms in total. The van der Waals surface area contributed by atoms with Crippen molar-refractivity contribution in [2.75, 3.05) is 0 Å². The van der Waals surface area contributed by atoms with Gasteiger partial charge in [-0.1, -0.05) is 0 Å². The molecule has 108 valence electrons. The molecule has 0 saturated heterocycles. The van der Waals surface area contributed by atoms with Crippen molar-refractivity contribution in [1.82, 2.24) is 9.97 Å². The summed E-state index contributed by atoms with van der Waals surface area (Å²) in [5, 5.41) is 15.5. The third-order valence-electron chi connectivity index (χ3n) is 3.38. The van der Waals surface area contributed by atoms with Crippen LogP contribution in [0, 0.1) is 6.92 Å². The molecule has 1 aromatic carbocycles. The number of pyridine rings is 1. The predicted molar refractivity (Wildman–Crippen MR) is 76.7 cm³/mol. The number of aromatic carboxylic acids is 1. The minimum Gasteiger partial charge on any atom is -0.477 e. The molecular weight excluding hydrogens is 294 g/mol. The second-order valence-corrected chi connectivity index (χ2v) is 6.26. The van der Waals surface area contributed by atoms with E-state index in [2.05, 4.69) is 9.97 Å². The van der Waals surface area contributed by atoms with Crippen LogP contribution in [0.2, 0.25) is 0 Å². The van der Waals surface area contributed by atoms with Gasteiger partial charge < -0.3 is 10.1 Å². The number of rotatable bonds is 2. The molecule has 0 saturated carbocycles. The average molecular weight is 305 g/mol. The number of nitrogens with zero attached hydrogens (tertiary/aromatic N) is 1. The van der Waals surface area contributed by atoms with Crippen molar-refractivity contribution in [3.05, 3.63) is 35.7 Å². The highest BCUT2D eigenvalue weighted by Crippen LogP contribution is 2.30. The number of carboxylic acids is 1. The SMILES string of the molecule is Cc1c(C(=O)O)ncc2[nH]c3ccc(S(N)(=O)=O)cc3c12. The molecule has 0 aliphatic heterocycles. The summed E-state index contributed by atoms with van der Waals surface area (Å²) >= 11 is 0. The number of aryl methyl sites for hydroxylation is 1. The van der Waals surface area contributed by atoms with Crippen LogP contribution in [-0.2, 0) is 10.0 Å². The number of primary sulfonamides is 1. The third-order valence-corrected chi connectivity index (χ3v) is 4.29. The maximum Gasteiger partial charge on any atom is 0.354 e. The Morgan fingerprint density at radius 1 is 1.33 bits per heavy atom. The number of benzene rings is 1. The van der Waals surface area contributed by atoms with Crippen LogP contribution in [0.15, 0.2) is 29.3 Å². The van der Waals surface area contributed by atoms with E-state index in [1.165, 1.54) is 18.3 Å². The van der Waals surface area contributed by atoms with Gasteiger partial charge in [-0.25, -0.2) is 23.3 Å². The van der Waals surface area contributed by atoms with E-state index in [0.717, 1.165) is 0 Å². The molecule has 0 aliphatic rings. The number of hydrogen-bond acceptors (Lipinski definition) is 4. The highest BCUT2D eigenvalue weighted by atomic mass is 32.2. The van der Waals surface area contributed by atoms with E-state index in [9.17, 15) is 13.2 Å². The number of carboxylic acid groups (broad SMARTS) is 1. The second kappa shape index (κ2) is 4.27. The van der Waals surface area contributed by atoms with Crippen molar-refractivity contribution in [2.45, 2.75) is 11.8 Å². The molecule has 0 bridgehead atoms. The molecule has 2 heterocycles. The summed E-state index contributed by atoms with van der Waals surface area (Å²) in [6.07, 6.45) is 1.42. The van der Waals surface area contributed by atoms with Crippen LogP contribution in [0.1, 0.15) is 16.1 Å². The topological polar surface area (TPSA) is 126 Å². The number of nitrogens with two attached hydrogens (primary N) is 1. The van der Waals surface area contributed by atoms with Crippen molar-refractivity contribution in [2.24, 2.45) is 5.14 Å². The van der Waals surface area contributed by atoms with Crippen LogP contribution in [0.3, 0.4) is 0 Å². The zero-order valence-electron chi connectivity index (χ0n) is 10.9. The number of aromatic amines is 1. The fraction of sp³-hybridized carbons (Fsp3) is 0.0769. The molecule has 0 spiro atoms. The van der Waals surface area contributed by atoms with Gasteiger partial charge in [-0.3, -0.25) is 0 Å². The molecule has 0 aliphatic carbocycles. The standard InChI is InChI=1S/C13H11N3O4S/c1-6-11-8-4-7(21(14,19)20)2-3-9(8)16-10(11)5-15-12(6)13(17)18/h2-5,16H,1H3,(H,17,18)(H2,14,19,20). The largest absolute Gasteiger partial charge is 0.477 e. The van der Waals surface area contributed by atoms with Crippen LogP contribution < -0.4 is 5.14 Å². The summed E-state index contributed by atoms with van der Waals surface area (Å²) in [7, 11) is -3.83. The molecule has 3 rings (SSSR count). The number of carbonyl (C=O) groups is 1. The molecule has 2 aromatic heterocycles. The Kier molecular flexibility index (Phi) is 2.75. The Morgan fingerprint density at radius 3 is 2.67 bits per heavy atom. The van der Waals surface area contributed by atoms with Crippen LogP contribution in [0.25, 0.3) is 21.8 Å². The number of hydrogen-bond donors (Lipinski definition) is 3. The maximum atomic E-state index is 11.5. The van der Waals surface area contributed by atoms with Gasteiger partial charge in [-0.15, -0.1) is 0 Å². The first-order valence-corrected chi connectivity index (χ1v) is 7.51. The van der Waals surface area contributed by atoms with Crippen LogP contribution >= 0.6 is 0 Å². The van der Waals surface area contributed by atoms with Gasteiger partial charge in [-0.05, 0) is 30.7 Å². The third kappa shape index (κ3) is 2.05. The molecular formula is C13H11N3O4S. The second-order valence-electron chi connectivity index (χ2n) is 4.70. The molecule has 0 amide bonds. The highest BCUT2D eigenvalue weighted by molar-refractivity contribution is 7.89. The van der Waals surface area contributed by atoms with Gasteiger partial charge >= 0.3 is 5.97 Å². The van der Waals surface area contributed by atoms with E-state index in [1.54, 1.807) is 13.0 Å². The predicted octanol–water partition coefficient (Wildman–Crippen LogP) is 1.37. The molecule has 3 aromatic rings. The van der Waals surface area contributed by atoms with Crippen molar-refractivity contribution in [3.63, 3.8) is 0 Å². The van der Waals surface area contributed by atoms with E-state index in [-0.39, 0.29) is 10.6 Å². The van der Waals surface area contributed by atoms with Crippen LogP contribution in [0.4, 0.5) is 0 Å². The van der Waals surface area contributed by atoms with Gasteiger partial charge in [0, 0.05) is 16.3 Å². The Hall–Kier alpha value is -2.45. The summed E-state index contributed by atoms with van der Waals surface area (Å²) in [6, 6.07) is 4.42. The van der Waals surface area contributed by atoms with Gasteiger partial charge in [0.25, 0.3) is 0 Å². The zero-order valence-corrected chi connectivity index (χ0v) is 11.7. The lowest BCUT2D eigenvalue weighted by Gasteiger charge is -2.02. The lowest BCUT2D eigenvalue weighted by atomic mass is 10.1.